The van der Waals surface area contributed by atoms with Crippen molar-refractivity contribution >= 4 is 11.6 Å². The van der Waals surface area contributed by atoms with Gasteiger partial charge in [-0.1, -0.05) is 23.4 Å². The van der Waals surface area contributed by atoms with Crippen molar-refractivity contribution in [2.24, 2.45) is 0 Å². The summed E-state index contributed by atoms with van der Waals surface area (Å²) < 4.78 is 0. The third-order valence-electron chi connectivity index (χ3n) is 2.21. The van der Waals surface area contributed by atoms with Crippen LogP contribution < -0.4 is 0 Å². The zero-order chi connectivity index (χ0) is 12.5. The van der Waals surface area contributed by atoms with Crippen LogP contribution in [-0.4, -0.2) is 48.0 Å². The van der Waals surface area contributed by atoms with Crippen LogP contribution in [0.1, 0.15) is 5.56 Å². The SMILES string of the molecule is OCCN(CC#Cc1ccc(Cl)cc1)CCO. The molecule has 2 N–H and O–H groups in total. The van der Waals surface area contributed by atoms with E-state index in [1.54, 1.807) is 12.1 Å². The van der Waals surface area contributed by atoms with Gasteiger partial charge in [0.15, 0.2) is 0 Å². The fraction of sp³-hybridized carbons (Fsp3) is 0.385. The summed E-state index contributed by atoms with van der Waals surface area (Å²) in [5, 5.41) is 18.3. The van der Waals surface area contributed by atoms with Crippen molar-refractivity contribution in [3.63, 3.8) is 0 Å². The summed E-state index contributed by atoms with van der Waals surface area (Å²) >= 11 is 5.77. The Kier molecular flexibility index (Phi) is 6.68. The molecule has 1 aromatic carbocycles. The first-order valence-corrected chi connectivity index (χ1v) is 5.82. The van der Waals surface area contributed by atoms with Crippen LogP contribution in [0.5, 0.6) is 0 Å². The fourth-order valence-electron chi connectivity index (χ4n) is 1.34. The Balaban J connectivity index is 2.50. The van der Waals surface area contributed by atoms with Gasteiger partial charge in [0.2, 0.25) is 0 Å². The lowest BCUT2D eigenvalue weighted by Gasteiger charge is -2.16. The van der Waals surface area contributed by atoms with E-state index in [1.165, 1.54) is 0 Å². The second kappa shape index (κ2) is 8.10. The van der Waals surface area contributed by atoms with Gasteiger partial charge in [0.25, 0.3) is 0 Å². The molecule has 0 aliphatic rings. The van der Waals surface area contributed by atoms with Crippen LogP contribution in [0.15, 0.2) is 24.3 Å². The van der Waals surface area contributed by atoms with Gasteiger partial charge in [-0.25, -0.2) is 0 Å². The van der Waals surface area contributed by atoms with Gasteiger partial charge in [-0.2, -0.15) is 0 Å². The minimum Gasteiger partial charge on any atom is -0.395 e. The van der Waals surface area contributed by atoms with Crippen molar-refractivity contribution < 1.29 is 10.2 Å². The van der Waals surface area contributed by atoms with Crippen molar-refractivity contribution in [3.8, 4) is 11.8 Å². The van der Waals surface area contributed by atoms with E-state index < -0.39 is 0 Å². The Morgan fingerprint density at radius 2 is 1.65 bits per heavy atom. The number of hydrogen-bond acceptors (Lipinski definition) is 3. The molecule has 0 unspecified atom stereocenters. The molecule has 0 aliphatic carbocycles. The largest absolute Gasteiger partial charge is 0.395 e. The van der Waals surface area contributed by atoms with Gasteiger partial charge in [0.1, 0.15) is 0 Å². The maximum absolute atomic E-state index is 8.82. The Morgan fingerprint density at radius 3 is 2.18 bits per heavy atom. The summed E-state index contributed by atoms with van der Waals surface area (Å²) in [6.07, 6.45) is 0. The quantitative estimate of drug-likeness (QED) is 0.769. The zero-order valence-corrected chi connectivity index (χ0v) is 10.3. The molecule has 0 bridgehead atoms. The highest BCUT2D eigenvalue weighted by Crippen LogP contribution is 2.08. The molecule has 0 saturated carbocycles. The van der Waals surface area contributed by atoms with E-state index in [2.05, 4.69) is 11.8 Å². The zero-order valence-electron chi connectivity index (χ0n) is 9.56. The molecule has 0 aromatic heterocycles. The molecule has 0 aliphatic heterocycles. The Hall–Kier alpha value is -1.05. The van der Waals surface area contributed by atoms with Crippen LogP contribution in [0.3, 0.4) is 0 Å². The van der Waals surface area contributed by atoms with Crippen LogP contribution >= 0.6 is 11.6 Å². The minimum absolute atomic E-state index is 0.0720. The molecule has 0 atom stereocenters. The van der Waals surface area contributed by atoms with Crippen molar-refractivity contribution in [1.29, 1.82) is 0 Å². The maximum Gasteiger partial charge on any atom is 0.0606 e. The van der Waals surface area contributed by atoms with E-state index in [-0.39, 0.29) is 13.2 Å². The first-order chi connectivity index (χ1) is 8.26. The first-order valence-electron chi connectivity index (χ1n) is 5.45. The smallest absolute Gasteiger partial charge is 0.0606 e. The summed E-state index contributed by atoms with van der Waals surface area (Å²) in [5.74, 6) is 6.01. The molecule has 3 nitrogen and oxygen atoms in total. The molecule has 4 heteroatoms. The standard InChI is InChI=1S/C13H16ClNO2/c14-13-5-3-12(4-6-13)2-1-7-15(8-10-16)9-11-17/h3-6,16-17H,7-11H2. The number of aliphatic hydroxyl groups excluding tert-OH is 2. The second-order valence-corrected chi connectivity index (χ2v) is 3.97. The van der Waals surface area contributed by atoms with E-state index in [1.807, 2.05) is 17.0 Å². The summed E-state index contributed by atoms with van der Waals surface area (Å²) in [4.78, 5) is 1.89. The van der Waals surface area contributed by atoms with Crippen LogP contribution in [0.2, 0.25) is 5.02 Å². The Labute approximate surface area is 107 Å². The lowest BCUT2D eigenvalue weighted by atomic mass is 10.2. The molecule has 0 spiro atoms. The van der Waals surface area contributed by atoms with Crippen LogP contribution in [-0.2, 0) is 0 Å². The lowest BCUT2D eigenvalue weighted by Crippen LogP contribution is -2.30. The van der Waals surface area contributed by atoms with Crippen LogP contribution in [0.4, 0.5) is 0 Å². The van der Waals surface area contributed by atoms with Crippen LogP contribution in [0.25, 0.3) is 0 Å². The van der Waals surface area contributed by atoms with Gasteiger partial charge < -0.3 is 10.2 Å². The normalized spacial score (nSPS) is 10.1. The van der Waals surface area contributed by atoms with E-state index in [0.29, 0.717) is 24.7 Å². The van der Waals surface area contributed by atoms with Gasteiger partial charge in [-0.15, -0.1) is 0 Å². The maximum atomic E-state index is 8.82. The van der Waals surface area contributed by atoms with Gasteiger partial charge in [-0.05, 0) is 24.3 Å². The summed E-state index contributed by atoms with van der Waals surface area (Å²) in [5.41, 5.74) is 0.905. The van der Waals surface area contributed by atoms with Crippen molar-refractivity contribution in [2.75, 3.05) is 32.8 Å². The highest BCUT2D eigenvalue weighted by atomic mass is 35.5. The van der Waals surface area contributed by atoms with Gasteiger partial charge in [0, 0.05) is 23.7 Å². The summed E-state index contributed by atoms with van der Waals surface area (Å²) in [6, 6.07) is 7.31. The molecule has 0 heterocycles. The third-order valence-corrected chi connectivity index (χ3v) is 2.46. The number of nitrogens with zero attached hydrogens (tertiary/aromatic N) is 1. The number of hydrogen-bond donors (Lipinski definition) is 2. The Bertz CT molecular complexity index is 375. The highest BCUT2D eigenvalue weighted by molar-refractivity contribution is 6.30. The molecule has 0 amide bonds. The first kappa shape index (κ1) is 14.0. The topological polar surface area (TPSA) is 43.7 Å². The van der Waals surface area contributed by atoms with Gasteiger partial charge in [-0.3, -0.25) is 4.90 Å². The van der Waals surface area contributed by atoms with E-state index >= 15 is 0 Å². The summed E-state index contributed by atoms with van der Waals surface area (Å²) in [6.45, 7) is 1.72. The molecule has 1 rings (SSSR count). The van der Waals surface area contributed by atoms with Crippen molar-refractivity contribution in [2.45, 2.75) is 0 Å². The van der Waals surface area contributed by atoms with Gasteiger partial charge >= 0.3 is 0 Å². The van der Waals surface area contributed by atoms with E-state index in [0.717, 1.165) is 5.56 Å². The molecule has 0 radical (unpaired) electrons. The van der Waals surface area contributed by atoms with Gasteiger partial charge in [0.05, 0.1) is 19.8 Å². The third kappa shape index (κ3) is 5.71. The molecular formula is C13H16ClNO2. The molecular weight excluding hydrogens is 238 g/mol. The van der Waals surface area contributed by atoms with E-state index in [4.69, 9.17) is 21.8 Å². The predicted octanol–water partition coefficient (Wildman–Crippen LogP) is 0.978. The minimum atomic E-state index is 0.0720. The fourth-order valence-corrected chi connectivity index (χ4v) is 1.47. The molecule has 92 valence electrons. The average molecular weight is 254 g/mol. The van der Waals surface area contributed by atoms with E-state index in [9.17, 15) is 0 Å². The van der Waals surface area contributed by atoms with Crippen LogP contribution in [0, 0.1) is 11.8 Å². The van der Waals surface area contributed by atoms with Crippen molar-refractivity contribution in [1.82, 2.24) is 4.90 Å². The monoisotopic (exact) mass is 253 g/mol. The van der Waals surface area contributed by atoms with Crippen molar-refractivity contribution in [3.05, 3.63) is 34.9 Å². The predicted molar refractivity (Wildman–Crippen MR) is 68.9 cm³/mol. The molecule has 1 aromatic rings. The Morgan fingerprint density at radius 1 is 1.06 bits per heavy atom. The number of halogens is 1. The molecule has 0 fully saturated rings. The highest BCUT2D eigenvalue weighted by Gasteiger charge is 1.99. The summed E-state index contributed by atoms with van der Waals surface area (Å²) in [7, 11) is 0. The second-order valence-electron chi connectivity index (χ2n) is 3.53. The molecule has 17 heavy (non-hydrogen) atoms. The lowest BCUT2D eigenvalue weighted by molar-refractivity contribution is 0.174. The number of benzene rings is 1. The average Bonchev–Trinajstić information content (AvgIpc) is 2.32. The number of aliphatic hydroxyl groups is 2. The number of rotatable bonds is 5. The molecule has 0 saturated heterocycles.